The van der Waals surface area contributed by atoms with E-state index < -0.39 is 17.8 Å². The molecule has 0 radical (unpaired) electrons. The number of allylic oxidation sites excluding steroid dienone is 2. The van der Waals surface area contributed by atoms with Crippen molar-refractivity contribution in [1.82, 2.24) is 0 Å². The SMILES string of the molecule is CCCCC(CC)C(OC(=O)C1CC=CCC1C(=O)O)C(C)CC. The molecule has 0 aliphatic heterocycles. The highest BCUT2D eigenvalue weighted by atomic mass is 16.5. The fraction of sp³-hybridized carbons (Fsp3) is 0.800. The summed E-state index contributed by atoms with van der Waals surface area (Å²) in [6.45, 7) is 8.55. The second-order valence-corrected chi connectivity index (χ2v) is 7.09. The average molecular weight is 338 g/mol. The molecule has 0 spiro atoms. The first-order chi connectivity index (χ1) is 11.5. The van der Waals surface area contributed by atoms with E-state index in [2.05, 4.69) is 27.7 Å². The van der Waals surface area contributed by atoms with E-state index in [4.69, 9.17) is 4.74 Å². The molecule has 0 aromatic heterocycles. The predicted molar refractivity (Wildman–Crippen MR) is 95.6 cm³/mol. The molecule has 0 saturated carbocycles. The van der Waals surface area contributed by atoms with E-state index in [1.54, 1.807) is 0 Å². The fourth-order valence-corrected chi connectivity index (χ4v) is 3.55. The third kappa shape index (κ3) is 5.64. The van der Waals surface area contributed by atoms with Gasteiger partial charge in [0, 0.05) is 0 Å². The molecule has 1 aliphatic rings. The molecule has 4 nitrogen and oxygen atoms in total. The summed E-state index contributed by atoms with van der Waals surface area (Å²) < 4.78 is 5.94. The first-order valence-corrected chi connectivity index (χ1v) is 9.54. The van der Waals surface area contributed by atoms with Gasteiger partial charge in [0.25, 0.3) is 0 Å². The summed E-state index contributed by atoms with van der Waals surface area (Å²) in [4.78, 5) is 24.2. The largest absolute Gasteiger partial charge is 0.481 e. The number of carboxylic acids is 1. The highest BCUT2D eigenvalue weighted by Crippen LogP contribution is 2.31. The quantitative estimate of drug-likeness (QED) is 0.458. The zero-order chi connectivity index (χ0) is 18.1. The molecule has 1 rings (SSSR count). The average Bonchev–Trinajstić information content (AvgIpc) is 2.60. The molecular weight excluding hydrogens is 304 g/mol. The maximum Gasteiger partial charge on any atom is 0.310 e. The minimum atomic E-state index is -0.903. The van der Waals surface area contributed by atoms with Crippen molar-refractivity contribution in [1.29, 1.82) is 0 Å². The van der Waals surface area contributed by atoms with Gasteiger partial charge in [-0.3, -0.25) is 9.59 Å². The second-order valence-electron chi connectivity index (χ2n) is 7.09. The summed E-state index contributed by atoms with van der Waals surface area (Å²) in [6, 6.07) is 0. The highest BCUT2D eigenvalue weighted by molar-refractivity contribution is 5.81. The van der Waals surface area contributed by atoms with Crippen LogP contribution in [0, 0.1) is 23.7 Å². The van der Waals surface area contributed by atoms with Gasteiger partial charge in [-0.25, -0.2) is 0 Å². The van der Waals surface area contributed by atoms with Gasteiger partial charge in [-0.2, -0.15) is 0 Å². The first kappa shape index (κ1) is 20.7. The van der Waals surface area contributed by atoms with Crippen LogP contribution in [-0.2, 0) is 14.3 Å². The van der Waals surface area contributed by atoms with Gasteiger partial charge in [0.15, 0.2) is 0 Å². The Labute approximate surface area is 146 Å². The van der Waals surface area contributed by atoms with E-state index in [0.29, 0.717) is 18.8 Å². The minimum Gasteiger partial charge on any atom is -0.481 e. The Morgan fingerprint density at radius 3 is 2.25 bits per heavy atom. The Bertz CT molecular complexity index is 429. The minimum absolute atomic E-state index is 0.112. The Balaban J connectivity index is 2.86. The van der Waals surface area contributed by atoms with Gasteiger partial charge >= 0.3 is 11.9 Å². The number of ether oxygens (including phenoxy) is 1. The maximum absolute atomic E-state index is 12.7. The number of esters is 1. The van der Waals surface area contributed by atoms with E-state index in [1.165, 1.54) is 0 Å². The summed E-state index contributed by atoms with van der Waals surface area (Å²) in [5.74, 6) is -1.80. The third-order valence-electron chi connectivity index (χ3n) is 5.43. The Morgan fingerprint density at radius 2 is 1.75 bits per heavy atom. The van der Waals surface area contributed by atoms with Crippen molar-refractivity contribution in [2.75, 3.05) is 0 Å². The molecule has 0 amide bonds. The molecule has 4 heteroatoms. The van der Waals surface area contributed by atoms with Gasteiger partial charge in [-0.1, -0.05) is 59.1 Å². The van der Waals surface area contributed by atoms with Gasteiger partial charge in [0.2, 0.25) is 0 Å². The topological polar surface area (TPSA) is 63.6 Å². The standard InChI is InChI=1S/C20H34O4/c1-5-8-11-15(7-3)18(14(4)6-2)24-20(23)17-13-10-9-12-16(17)19(21)22/h9-10,14-18H,5-8,11-13H2,1-4H3,(H,21,22). The molecule has 1 N–H and O–H groups in total. The lowest BCUT2D eigenvalue weighted by molar-refractivity contribution is -0.167. The molecule has 0 heterocycles. The molecule has 0 saturated heterocycles. The van der Waals surface area contributed by atoms with Crippen LogP contribution in [0.3, 0.4) is 0 Å². The van der Waals surface area contributed by atoms with Crippen LogP contribution in [0.4, 0.5) is 0 Å². The monoisotopic (exact) mass is 338 g/mol. The van der Waals surface area contributed by atoms with Crippen LogP contribution < -0.4 is 0 Å². The molecule has 0 aromatic rings. The van der Waals surface area contributed by atoms with Crippen LogP contribution in [0.2, 0.25) is 0 Å². The summed E-state index contributed by atoms with van der Waals surface area (Å²) in [7, 11) is 0. The van der Waals surface area contributed by atoms with Crippen molar-refractivity contribution >= 4 is 11.9 Å². The van der Waals surface area contributed by atoms with Gasteiger partial charge < -0.3 is 9.84 Å². The van der Waals surface area contributed by atoms with Crippen LogP contribution in [0.1, 0.15) is 72.6 Å². The number of carbonyl (C=O) groups excluding carboxylic acids is 1. The molecule has 0 aromatic carbocycles. The number of unbranched alkanes of at least 4 members (excludes halogenated alkanes) is 1. The fourth-order valence-electron chi connectivity index (χ4n) is 3.55. The number of carbonyl (C=O) groups is 2. The Hall–Kier alpha value is -1.32. The van der Waals surface area contributed by atoms with E-state index in [1.807, 2.05) is 12.2 Å². The van der Waals surface area contributed by atoms with E-state index in [-0.39, 0.29) is 18.0 Å². The van der Waals surface area contributed by atoms with Gasteiger partial charge in [0.05, 0.1) is 11.8 Å². The van der Waals surface area contributed by atoms with Crippen molar-refractivity contribution in [2.24, 2.45) is 23.7 Å². The summed E-state index contributed by atoms with van der Waals surface area (Å²) in [6.07, 6.45) is 9.77. The van der Waals surface area contributed by atoms with Crippen molar-refractivity contribution in [3.8, 4) is 0 Å². The van der Waals surface area contributed by atoms with Crippen molar-refractivity contribution in [3.05, 3.63) is 12.2 Å². The lowest BCUT2D eigenvalue weighted by Crippen LogP contribution is -2.38. The number of aliphatic carboxylic acids is 1. The zero-order valence-corrected chi connectivity index (χ0v) is 15.7. The summed E-state index contributed by atoms with van der Waals surface area (Å²) in [5.41, 5.74) is 0. The summed E-state index contributed by atoms with van der Waals surface area (Å²) >= 11 is 0. The zero-order valence-electron chi connectivity index (χ0n) is 15.7. The third-order valence-corrected chi connectivity index (χ3v) is 5.43. The number of carboxylic acid groups (broad SMARTS) is 1. The number of rotatable bonds is 10. The smallest absolute Gasteiger partial charge is 0.310 e. The Morgan fingerprint density at radius 1 is 1.12 bits per heavy atom. The Kier molecular flexibility index (Phi) is 9.09. The van der Waals surface area contributed by atoms with Gasteiger partial charge in [-0.05, 0) is 37.5 Å². The van der Waals surface area contributed by atoms with Crippen LogP contribution in [0.25, 0.3) is 0 Å². The predicted octanol–water partition coefficient (Wildman–Crippen LogP) is 4.83. The molecular formula is C20H34O4. The molecule has 5 atom stereocenters. The molecule has 1 aliphatic carbocycles. The first-order valence-electron chi connectivity index (χ1n) is 9.54. The van der Waals surface area contributed by atoms with Crippen LogP contribution in [-0.4, -0.2) is 23.1 Å². The van der Waals surface area contributed by atoms with Crippen molar-refractivity contribution < 1.29 is 19.4 Å². The highest BCUT2D eigenvalue weighted by Gasteiger charge is 2.38. The van der Waals surface area contributed by atoms with E-state index in [0.717, 1.165) is 32.1 Å². The van der Waals surface area contributed by atoms with Crippen molar-refractivity contribution in [2.45, 2.75) is 78.7 Å². The second kappa shape index (κ2) is 10.5. The number of hydrogen-bond acceptors (Lipinski definition) is 3. The van der Waals surface area contributed by atoms with E-state index in [9.17, 15) is 14.7 Å². The molecule has 138 valence electrons. The lowest BCUT2D eigenvalue weighted by Gasteiger charge is -2.33. The maximum atomic E-state index is 12.7. The molecule has 24 heavy (non-hydrogen) atoms. The van der Waals surface area contributed by atoms with E-state index >= 15 is 0 Å². The van der Waals surface area contributed by atoms with Crippen molar-refractivity contribution in [3.63, 3.8) is 0 Å². The summed E-state index contributed by atoms with van der Waals surface area (Å²) in [5, 5.41) is 9.38. The normalized spacial score (nSPS) is 24.2. The number of hydrogen-bond donors (Lipinski definition) is 1. The van der Waals surface area contributed by atoms with Crippen LogP contribution >= 0.6 is 0 Å². The van der Waals surface area contributed by atoms with Crippen LogP contribution in [0.5, 0.6) is 0 Å². The molecule has 0 fully saturated rings. The van der Waals surface area contributed by atoms with Gasteiger partial charge in [-0.15, -0.1) is 0 Å². The molecule has 5 unspecified atom stereocenters. The lowest BCUT2D eigenvalue weighted by atomic mass is 9.82. The molecule has 0 bridgehead atoms. The van der Waals surface area contributed by atoms with Crippen LogP contribution in [0.15, 0.2) is 12.2 Å². The van der Waals surface area contributed by atoms with Gasteiger partial charge in [0.1, 0.15) is 6.10 Å².